The number of ether oxygens (including phenoxy) is 1. The van der Waals surface area contributed by atoms with E-state index in [0.717, 1.165) is 24.5 Å². The highest BCUT2D eigenvalue weighted by molar-refractivity contribution is 5.51. The van der Waals surface area contributed by atoms with Crippen molar-refractivity contribution in [2.24, 2.45) is 0 Å². The Bertz CT molecular complexity index is 491. The van der Waals surface area contributed by atoms with E-state index in [0.29, 0.717) is 6.54 Å². The van der Waals surface area contributed by atoms with Gasteiger partial charge in [-0.3, -0.25) is 0 Å². The van der Waals surface area contributed by atoms with Crippen molar-refractivity contribution in [2.75, 3.05) is 19.0 Å². The molecule has 0 bridgehead atoms. The predicted molar refractivity (Wildman–Crippen MR) is 72.8 cm³/mol. The van der Waals surface area contributed by atoms with E-state index in [-0.39, 0.29) is 0 Å². The molecule has 2 aromatic rings. The number of anilines is 1. The standard InChI is InChI=1S/C15H19NO2/c1-12-7-10-18-15(12)11-16-14-6-4-3-5-13(14)8-9-17-2/h3-7,10,16H,8-9,11H2,1-2H3. The van der Waals surface area contributed by atoms with Crippen LogP contribution in [0.15, 0.2) is 41.0 Å². The van der Waals surface area contributed by atoms with Crippen LogP contribution in [0.25, 0.3) is 0 Å². The highest BCUT2D eigenvalue weighted by Crippen LogP contribution is 2.18. The van der Waals surface area contributed by atoms with Crippen LogP contribution in [-0.2, 0) is 17.7 Å². The molecular weight excluding hydrogens is 226 g/mol. The number of nitrogens with one attached hydrogen (secondary N) is 1. The van der Waals surface area contributed by atoms with Gasteiger partial charge in [-0.2, -0.15) is 0 Å². The molecule has 1 heterocycles. The Morgan fingerprint density at radius 1 is 1.22 bits per heavy atom. The fourth-order valence-corrected chi connectivity index (χ4v) is 1.88. The Morgan fingerprint density at radius 2 is 2.06 bits per heavy atom. The molecule has 0 amide bonds. The van der Waals surface area contributed by atoms with Crippen LogP contribution in [0.4, 0.5) is 5.69 Å². The number of hydrogen-bond donors (Lipinski definition) is 1. The van der Waals surface area contributed by atoms with Crippen LogP contribution in [0, 0.1) is 6.92 Å². The average molecular weight is 245 g/mol. The second-order valence-corrected chi connectivity index (χ2v) is 4.28. The minimum Gasteiger partial charge on any atom is -0.467 e. The van der Waals surface area contributed by atoms with Crippen molar-refractivity contribution in [1.82, 2.24) is 0 Å². The van der Waals surface area contributed by atoms with Gasteiger partial charge in [-0.05, 0) is 36.6 Å². The first kappa shape index (κ1) is 12.7. The Morgan fingerprint density at radius 3 is 2.78 bits per heavy atom. The Hall–Kier alpha value is -1.74. The summed E-state index contributed by atoms with van der Waals surface area (Å²) in [5.74, 6) is 0.983. The minimum atomic E-state index is 0.711. The van der Waals surface area contributed by atoms with E-state index in [1.54, 1.807) is 13.4 Å². The van der Waals surface area contributed by atoms with E-state index < -0.39 is 0 Å². The van der Waals surface area contributed by atoms with Crippen LogP contribution < -0.4 is 5.32 Å². The van der Waals surface area contributed by atoms with Gasteiger partial charge >= 0.3 is 0 Å². The molecule has 3 nitrogen and oxygen atoms in total. The molecule has 0 unspecified atom stereocenters. The summed E-state index contributed by atoms with van der Waals surface area (Å²) in [4.78, 5) is 0. The van der Waals surface area contributed by atoms with Crippen molar-refractivity contribution in [3.8, 4) is 0 Å². The monoisotopic (exact) mass is 245 g/mol. The van der Waals surface area contributed by atoms with Crippen molar-refractivity contribution in [1.29, 1.82) is 0 Å². The second-order valence-electron chi connectivity index (χ2n) is 4.28. The quantitative estimate of drug-likeness (QED) is 0.847. The summed E-state index contributed by atoms with van der Waals surface area (Å²) in [7, 11) is 1.72. The maximum atomic E-state index is 5.42. The van der Waals surface area contributed by atoms with Gasteiger partial charge in [0.05, 0.1) is 19.4 Å². The molecule has 3 heteroatoms. The number of furan rings is 1. The summed E-state index contributed by atoms with van der Waals surface area (Å²) in [5.41, 5.74) is 3.59. The van der Waals surface area contributed by atoms with Crippen LogP contribution >= 0.6 is 0 Å². The maximum absolute atomic E-state index is 5.42. The van der Waals surface area contributed by atoms with Crippen LogP contribution in [0.3, 0.4) is 0 Å². The molecule has 18 heavy (non-hydrogen) atoms. The molecule has 0 saturated heterocycles. The molecule has 1 N–H and O–H groups in total. The number of hydrogen-bond acceptors (Lipinski definition) is 3. The fraction of sp³-hybridized carbons (Fsp3) is 0.333. The minimum absolute atomic E-state index is 0.711. The van der Waals surface area contributed by atoms with Gasteiger partial charge in [0.15, 0.2) is 0 Å². The Balaban J connectivity index is 2.02. The fourth-order valence-electron chi connectivity index (χ4n) is 1.88. The molecule has 1 aromatic carbocycles. The molecule has 0 saturated carbocycles. The number of para-hydroxylation sites is 1. The van der Waals surface area contributed by atoms with Gasteiger partial charge in [-0.15, -0.1) is 0 Å². The number of aryl methyl sites for hydroxylation is 1. The highest BCUT2D eigenvalue weighted by Gasteiger charge is 2.04. The SMILES string of the molecule is COCCc1ccccc1NCc1occc1C. The van der Waals surface area contributed by atoms with Crippen molar-refractivity contribution in [2.45, 2.75) is 19.9 Å². The van der Waals surface area contributed by atoms with E-state index in [2.05, 4.69) is 24.4 Å². The summed E-state index contributed by atoms with van der Waals surface area (Å²) in [6.07, 6.45) is 2.64. The number of rotatable bonds is 6. The van der Waals surface area contributed by atoms with Crippen LogP contribution in [0.2, 0.25) is 0 Å². The Kier molecular flexibility index (Phi) is 4.42. The second kappa shape index (κ2) is 6.26. The third-order valence-corrected chi connectivity index (χ3v) is 3.00. The molecular formula is C15H19NO2. The lowest BCUT2D eigenvalue weighted by molar-refractivity contribution is 0.202. The first-order chi connectivity index (χ1) is 8.81. The zero-order chi connectivity index (χ0) is 12.8. The van der Waals surface area contributed by atoms with Gasteiger partial charge in [0.1, 0.15) is 5.76 Å². The van der Waals surface area contributed by atoms with E-state index in [4.69, 9.17) is 9.15 Å². The third kappa shape index (κ3) is 3.14. The summed E-state index contributed by atoms with van der Waals surface area (Å²) in [5, 5.41) is 3.42. The first-order valence-corrected chi connectivity index (χ1v) is 6.15. The lowest BCUT2D eigenvalue weighted by Crippen LogP contribution is -2.04. The predicted octanol–water partition coefficient (Wildman–Crippen LogP) is 3.39. The van der Waals surface area contributed by atoms with Crippen molar-refractivity contribution in [3.63, 3.8) is 0 Å². The topological polar surface area (TPSA) is 34.4 Å². The third-order valence-electron chi connectivity index (χ3n) is 3.00. The normalized spacial score (nSPS) is 10.6. The zero-order valence-electron chi connectivity index (χ0n) is 10.9. The van der Waals surface area contributed by atoms with Gasteiger partial charge < -0.3 is 14.5 Å². The van der Waals surface area contributed by atoms with Crippen molar-refractivity contribution in [3.05, 3.63) is 53.5 Å². The molecule has 0 aliphatic heterocycles. The maximum Gasteiger partial charge on any atom is 0.125 e. The molecule has 0 atom stereocenters. The van der Waals surface area contributed by atoms with E-state index >= 15 is 0 Å². The van der Waals surface area contributed by atoms with Crippen molar-refractivity contribution < 1.29 is 9.15 Å². The lowest BCUT2D eigenvalue weighted by Gasteiger charge is -2.11. The smallest absolute Gasteiger partial charge is 0.125 e. The Labute approximate surface area is 108 Å². The van der Waals surface area contributed by atoms with Crippen LogP contribution in [-0.4, -0.2) is 13.7 Å². The largest absolute Gasteiger partial charge is 0.467 e. The molecule has 0 aliphatic carbocycles. The van der Waals surface area contributed by atoms with Gasteiger partial charge in [-0.1, -0.05) is 18.2 Å². The molecule has 0 spiro atoms. The molecule has 2 rings (SSSR count). The molecule has 0 radical (unpaired) electrons. The summed E-state index contributed by atoms with van der Waals surface area (Å²) in [6.45, 7) is 3.50. The molecule has 96 valence electrons. The van der Waals surface area contributed by atoms with Crippen LogP contribution in [0.1, 0.15) is 16.9 Å². The van der Waals surface area contributed by atoms with Gasteiger partial charge in [0.2, 0.25) is 0 Å². The van der Waals surface area contributed by atoms with Gasteiger partial charge in [0, 0.05) is 12.8 Å². The van der Waals surface area contributed by atoms with Crippen LogP contribution in [0.5, 0.6) is 0 Å². The summed E-state index contributed by atoms with van der Waals surface area (Å²) >= 11 is 0. The summed E-state index contributed by atoms with van der Waals surface area (Å²) in [6, 6.07) is 10.3. The average Bonchev–Trinajstić information content (AvgIpc) is 2.80. The first-order valence-electron chi connectivity index (χ1n) is 6.15. The van der Waals surface area contributed by atoms with E-state index in [1.807, 2.05) is 18.2 Å². The molecule has 0 aliphatic rings. The summed E-state index contributed by atoms with van der Waals surface area (Å²) < 4.78 is 10.5. The van der Waals surface area contributed by atoms with E-state index in [9.17, 15) is 0 Å². The molecule has 1 aromatic heterocycles. The highest BCUT2D eigenvalue weighted by atomic mass is 16.5. The number of methoxy groups -OCH3 is 1. The van der Waals surface area contributed by atoms with Gasteiger partial charge in [-0.25, -0.2) is 0 Å². The van der Waals surface area contributed by atoms with Gasteiger partial charge in [0.25, 0.3) is 0 Å². The van der Waals surface area contributed by atoms with E-state index in [1.165, 1.54) is 11.1 Å². The number of benzene rings is 1. The zero-order valence-corrected chi connectivity index (χ0v) is 10.9. The van der Waals surface area contributed by atoms with Crippen molar-refractivity contribution >= 4 is 5.69 Å². The lowest BCUT2D eigenvalue weighted by atomic mass is 10.1. The molecule has 0 fully saturated rings.